The number of rotatable bonds is 4. The minimum atomic E-state index is -0.571. The summed E-state index contributed by atoms with van der Waals surface area (Å²) in [5, 5.41) is 11.1. The van der Waals surface area contributed by atoms with Gasteiger partial charge in [0, 0.05) is 31.4 Å². The summed E-state index contributed by atoms with van der Waals surface area (Å²) in [6.45, 7) is 6.55. The molecule has 1 aromatic rings. The van der Waals surface area contributed by atoms with Crippen molar-refractivity contribution in [3.05, 3.63) is 28.4 Å². The third-order valence-corrected chi connectivity index (χ3v) is 3.46. The number of aromatic nitrogens is 1. The van der Waals surface area contributed by atoms with Crippen LogP contribution in [0.4, 0.5) is 16.3 Å². The highest BCUT2D eigenvalue weighted by Crippen LogP contribution is 2.27. The van der Waals surface area contributed by atoms with E-state index in [0.717, 1.165) is 12.8 Å². The van der Waals surface area contributed by atoms with Gasteiger partial charge in [0.05, 0.1) is 4.92 Å². The van der Waals surface area contributed by atoms with Gasteiger partial charge in [-0.2, -0.15) is 0 Å². The summed E-state index contributed by atoms with van der Waals surface area (Å²) < 4.78 is 5.16. The van der Waals surface area contributed by atoms with E-state index < -0.39 is 16.6 Å². The quantitative estimate of drug-likeness (QED) is 0.638. The van der Waals surface area contributed by atoms with Crippen LogP contribution in [-0.4, -0.2) is 40.7 Å². The number of piperidine rings is 1. The lowest BCUT2D eigenvalue weighted by Crippen LogP contribution is -2.53. The molecule has 2 rings (SSSR count). The summed E-state index contributed by atoms with van der Waals surface area (Å²) in [7, 11) is 0. The lowest BCUT2D eigenvalue weighted by atomic mass is 10.1. The first-order valence-electron chi connectivity index (χ1n) is 7.85. The summed E-state index contributed by atoms with van der Waals surface area (Å²) in [6.07, 6.45) is 2.66. The minimum Gasteiger partial charge on any atom is -0.443 e. The average Bonchev–Trinajstić information content (AvgIpc) is 2.51. The van der Waals surface area contributed by atoms with E-state index in [1.54, 1.807) is 33.0 Å². The van der Waals surface area contributed by atoms with E-state index in [9.17, 15) is 14.9 Å². The van der Waals surface area contributed by atoms with E-state index in [1.165, 1.54) is 6.07 Å². The van der Waals surface area contributed by atoms with Gasteiger partial charge in [0.2, 0.25) is 5.82 Å². The molecule has 1 fully saturated rings. The minimum absolute atomic E-state index is 0.0155. The molecule has 0 aromatic carbocycles. The second-order valence-electron chi connectivity index (χ2n) is 6.66. The molecular weight excluding hydrogens is 314 g/mol. The fraction of sp³-hybridized carbons (Fsp3) is 0.600. The highest BCUT2D eigenvalue weighted by Gasteiger charge is 2.27. The van der Waals surface area contributed by atoms with Crippen LogP contribution in [0.15, 0.2) is 18.3 Å². The van der Waals surface area contributed by atoms with E-state index in [4.69, 9.17) is 4.74 Å². The highest BCUT2D eigenvalue weighted by atomic mass is 16.6. The van der Waals surface area contributed by atoms with Crippen LogP contribution in [-0.2, 0) is 4.74 Å². The molecule has 132 valence electrons. The number of carbonyl (C=O) groups excluding carboxylic acids is 1. The Morgan fingerprint density at radius 3 is 2.92 bits per heavy atom. The number of nitrogens with zero attached hydrogens (tertiary/aromatic N) is 3. The van der Waals surface area contributed by atoms with Crippen molar-refractivity contribution < 1.29 is 14.5 Å². The fourth-order valence-electron chi connectivity index (χ4n) is 2.53. The molecule has 0 bridgehead atoms. The molecule has 9 nitrogen and oxygen atoms in total. The van der Waals surface area contributed by atoms with E-state index in [-0.39, 0.29) is 11.7 Å². The molecule has 1 unspecified atom stereocenters. The summed E-state index contributed by atoms with van der Waals surface area (Å²) >= 11 is 0. The van der Waals surface area contributed by atoms with Crippen LogP contribution in [0.1, 0.15) is 33.6 Å². The second kappa shape index (κ2) is 7.43. The zero-order valence-corrected chi connectivity index (χ0v) is 14.1. The van der Waals surface area contributed by atoms with Gasteiger partial charge in [-0.3, -0.25) is 15.5 Å². The third kappa shape index (κ3) is 5.05. The van der Waals surface area contributed by atoms with Crippen LogP contribution in [0.2, 0.25) is 0 Å². The molecule has 1 aromatic heterocycles. The van der Waals surface area contributed by atoms with Crippen LogP contribution >= 0.6 is 0 Å². The maximum absolute atomic E-state index is 11.7. The lowest BCUT2D eigenvalue weighted by molar-refractivity contribution is -0.384. The maximum atomic E-state index is 11.7. The zero-order chi connectivity index (χ0) is 17.7. The molecular formula is C15H23N5O4. The van der Waals surface area contributed by atoms with Gasteiger partial charge >= 0.3 is 11.8 Å². The molecule has 0 saturated carbocycles. The van der Waals surface area contributed by atoms with E-state index in [0.29, 0.717) is 18.9 Å². The van der Waals surface area contributed by atoms with Gasteiger partial charge < -0.3 is 9.64 Å². The SMILES string of the molecule is CC(C)(C)OC(=O)NNC1CCCN(c2ncccc2[N+](=O)[O-])C1. The molecule has 0 spiro atoms. The van der Waals surface area contributed by atoms with Gasteiger partial charge in [0.1, 0.15) is 5.60 Å². The molecule has 9 heteroatoms. The summed E-state index contributed by atoms with van der Waals surface area (Å²) in [5.74, 6) is 0.353. The van der Waals surface area contributed by atoms with Gasteiger partial charge in [-0.15, -0.1) is 0 Å². The summed E-state index contributed by atoms with van der Waals surface area (Å²) in [5.41, 5.74) is 4.87. The Morgan fingerprint density at radius 1 is 1.50 bits per heavy atom. The van der Waals surface area contributed by atoms with Crippen molar-refractivity contribution in [2.45, 2.75) is 45.3 Å². The first-order chi connectivity index (χ1) is 11.3. The Kier molecular flexibility index (Phi) is 5.55. The number of amides is 1. The Balaban J connectivity index is 1.95. The van der Waals surface area contributed by atoms with Crippen molar-refractivity contribution in [1.29, 1.82) is 0 Å². The lowest BCUT2D eigenvalue weighted by Gasteiger charge is -2.33. The highest BCUT2D eigenvalue weighted by molar-refractivity contribution is 5.67. The largest absolute Gasteiger partial charge is 0.443 e. The van der Waals surface area contributed by atoms with Crippen molar-refractivity contribution >= 4 is 17.6 Å². The number of hydrazine groups is 1. The van der Waals surface area contributed by atoms with Gasteiger partial charge in [-0.25, -0.2) is 15.2 Å². The number of hydrogen-bond donors (Lipinski definition) is 2. The van der Waals surface area contributed by atoms with Gasteiger partial charge in [-0.05, 0) is 39.7 Å². The molecule has 1 amide bonds. The number of nitrogens with one attached hydrogen (secondary N) is 2. The fourth-order valence-corrected chi connectivity index (χ4v) is 2.53. The van der Waals surface area contributed by atoms with Crippen molar-refractivity contribution in [3.8, 4) is 0 Å². The number of carbonyl (C=O) groups is 1. The van der Waals surface area contributed by atoms with Crippen molar-refractivity contribution in [1.82, 2.24) is 15.8 Å². The number of nitro groups is 1. The number of hydrogen-bond acceptors (Lipinski definition) is 7. The molecule has 0 radical (unpaired) electrons. The van der Waals surface area contributed by atoms with Gasteiger partial charge in [-0.1, -0.05) is 0 Å². The van der Waals surface area contributed by atoms with Gasteiger partial charge in [0.25, 0.3) is 0 Å². The Morgan fingerprint density at radius 2 is 2.25 bits per heavy atom. The van der Waals surface area contributed by atoms with Gasteiger partial charge in [0.15, 0.2) is 0 Å². The standard InChI is InChI=1S/C15H23N5O4/c1-15(2,3)24-14(21)18-17-11-6-5-9-19(10-11)13-12(20(22)23)7-4-8-16-13/h4,7-8,11,17H,5-6,9-10H2,1-3H3,(H,18,21). The molecule has 0 aliphatic carbocycles. The number of pyridine rings is 1. The number of anilines is 1. The predicted octanol–water partition coefficient (Wildman–Crippen LogP) is 1.99. The monoisotopic (exact) mass is 337 g/mol. The first-order valence-corrected chi connectivity index (χ1v) is 7.85. The smallest absolute Gasteiger partial charge is 0.422 e. The van der Waals surface area contributed by atoms with E-state index in [2.05, 4.69) is 15.8 Å². The van der Waals surface area contributed by atoms with Crippen LogP contribution in [0, 0.1) is 10.1 Å². The molecule has 24 heavy (non-hydrogen) atoms. The maximum Gasteiger partial charge on any atom is 0.422 e. The average molecular weight is 337 g/mol. The number of ether oxygens (including phenoxy) is 1. The molecule has 1 saturated heterocycles. The van der Waals surface area contributed by atoms with Crippen LogP contribution in [0.5, 0.6) is 0 Å². The predicted molar refractivity (Wildman–Crippen MR) is 88.6 cm³/mol. The molecule has 2 N–H and O–H groups in total. The van der Waals surface area contributed by atoms with E-state index >= 15 is 0 Å². The Labute approximate surface area is 140 Å². The van der Waals surface area contributed by atoms with Crippen LogP contribution in [0.3, 0.4) is 0 Å². The van der Waals surface area contributed by atoms with Crippen molar-refractivity contribution in [3.63, 3.8) is 0 Å². The molecule has 2 heterocycles. The summed E-state index contributed by atoms with van der Waals surface area (Å²) in [4.78, 5) is 28.4. The Hall–Kier alpha value is -2.42. The van der Waals surface area contributed by atoms with Crippen molar-refractivity contribution in [2.75, 3.05) is 18.0 Å². The molecule has 1 atom stereocenters. The second-order valence-corrected chi connectivity index (χ2v) is 6.66. The van der Waals surface area contributed by atoms with Crippen LogP contribution < -0.4 is 15.8 Å². The molecule has 1 aliphatic heterocycles. The topological polar surface area (TPSA) is 110 Å². The third-order valence-electron chi connectivity index (χ3n) is 3.46. The Bertz CT molecular complexity index is 602. The summed E-state index contributed by atoms with van der Waals surface area (Å²) in [6, 6.07) is 2.94. The van der Waals surface area contributed by atoms with Crippen molar-refractivity contribution in [2.24, 2.45) is 0 Å². The molecule has 1 aliphatic rings. The normalized spacial score (nSPS) is 18.1. The zero-order valence-electron chi connectivity index (χ0n) is 14.1. The van der Waals surface area contributed by atoms with E-state index in [1.807, 2.05) is 4.90 Å². The first kappa shape index (κ1) is 17.9. The van der Waals surface area contributed by atoms with Crippen LogP contribution in [0.25, 0.3) is 0 Å².